The lowest BCUT2D eigenvalue weighted by Gasteiger charge is -2.12. The van der Waals surface area contributed by atoms with Gasteiger partial charge in [-0.25, -0.2) is 9.37 Å². The monoisotopic (exact) mass is 446 g/mol. The number of halogens is 1. The van der Waals surface area contributed by atoms with E-state index >= 15 is 0 Å². The van der Waals surface area contributed by atoms with Crippen LogP contribution in [0.15, 0.2) is 59.1 Å². The minimum Gasteiger partial charge on any atom is -0.493 e. The first kappa shape index (κ1) is 20.5. The van der Waals surface area contributed by atoms with Crippen LogP contribution in [0.4, 0.5) is 4.39 Å². The highest BCUT2D eigenvalue weighted by molar-refractivity contribution is 5.79. The minimum absolute atomic E-state index is 0.312. The summed E-state index contributed by atoms with van der Waals surface area (Å²) in [5.74, 6) is 2.53. The van der Waals surface area contributed by atoms with Gasteiger partial charge in [0.1, 0.15) is 11.6 Å². The van der Waals surface area contributed by atoms with E-state index in [0.29, 0.717) is 51.4 Å². The number of imidazole rings is 1. The van der Waals surface area contributed by atoms with E-state index in [0.717, 1.165) is 11.1 Å². The van der Waals surface area contributed by atoms with Gasteiger partial charge in [-0.1, -0.05) is 29.4 Å². The fourth-order valence-electron chi connectivity index (χ4n) is 3.56. The molecular weight excluding hydrogens is 427 g/mol. The molecule has 0 radical (unpaired) electrons. The van der Waals surface area contributed by atoms with Gasteiger partial charge in [-0.05, 0) is 30.3 Å². The number of rotatable bonds is 6. The van der Waals surface area contributed by atoms with E-state index in [1.54, 1.807) is 32.4 Å². The molecule has 8 nitrogen and oxygen atoms in total. The summed E-state index contributed by atoms with van der Waals surface area (Å²) in [6.45, 7) is 0. The number of hydrogen-bond acceptors (Lipinski definition) is 7. The predicted octanol–water partition coefficient (Wildman–Crippen LogP) is 5.11. The number of aromatic amines is 1. The normalized spacial score (nSPS) is 11.0. The molecule has 1 N–H and O–H groups in total. The van der Waals surface area contributed by atoms with E-state index in [1.165, 1.54) is 19.2 Å². The molecule has 166 valence electrons. The molecule has 0 bridgehead atoms. The van der Waals surface area contributed by atoms with Crippen LogP contribution in [0.5, 0.6) is 17.2 Å². The lowest BCUT2D eigenvalue weighted by molar-refractivity contribution is 0.324. The Morgan fingerprint density at radius 3 is 2.15 bits per heavy atom. The molecule has 0 saturated heterocycles. The van der Waals surface area contributed by atoms with E-state index in [2.05, 4.69) is 20.1 Å². The Balaban J connectivity index is 1.44. The molecule has 0 aliphatic rings. The van der Waals surface area contributed by atoms with E-state index in [-0.39, 0.29) is 5.82 Å². The second-order valence-corrected chi connectivity index (χ2v) is 7.16. The van der Waals surface area contributed by atoms with Gasteiger partial charge in [-0.3, -0.25) is 0 Å². The summed E-state index contributed by atoms with van der Waals surface area (Å²) in [4.78, 5) is 12.2. The number of nitrogens with one attached hydrogen (secondary N) is 1. The highest BCUT2D eigenvalue weighted by Crippen LogP contribution is 2.41. The third-order valence-corrected chi connectivity index (χ3v) is 5.20. The molecular formula is C24H19FN4O4. The van der Waals surface area contributed by atoms with Gasteiger partial charge in [0.2, 0.25) is 11.6 Å². The van der Waals surface area contributed by atoms with Gasteiger partial charge in [0.25, 0.3) is 5.89 Å². The maximum Gasteiger partial charge on any atom is 0.258 e. The maximum absolute atomic E-state index is 13.4. The molecule has 5 aromatic rings. The van der Waals surface area contributed by atoms with Crippen molar-refractivity contribution in [2.45, 2.75) is 0 Å². The molecule has 2 aromatic heterocycles. The maximum atomic E-state index is 13.4. The second-order valence-electron chi connectivity index (χ2n) is 7.16. The van der Waals surface area contributed by atoms with Gasteiger partial charge in [0.15, 0.2) is 11.5 Å². The molecule has 3 aromatic carbocycles. The van der Waals surface area contributed by atoms with Crippen molar-refractivity contribution in [1.29, 1.82) is 0 Å². The Labute approximate surface area is 187 Å². The number of ether oxygens (including phenoxy) is 3. The highest BCUT2D eigenvalue weighted by atomic mass is 19.1. The smallest absolute Gasteiger partial charge is 0.258 e. The molecule has 5 rings (SSSR count). The summed E-state index contributed by atoms with van der Waals surface area (Å²) < 4.78 is 35.1. The van der Waals surface area contributed by atoms with Crippen LogP contribution in [0.25, 0.3) is 45.3 Å². The summed E-state index contributed by atoms with van der Waals surface area (Å²) in [5.41, 5.74) is 3.59. The number of methoxy groups -OCH3 is 3. The molecule has 0 fully saturated rings. The Kier molecular flexibility index (Phi) is 5.14. The fourth-order valence-corrected chi connectivity index (χ4v) is 3.56. The second kappa shape index (κ2) is 8.27. The molecule has 9 heteroatoms. The highest BCUT2D eigenvalue weighted by Gasteiger charge is 2.18. The first-order chi connectivity index (χ1) is 16.1. The molecule has 0 unspecified atom stereocenters. The van der Waals surface area contributed by atoms with Gasteiger partial charge >= 0.3 is 0 Å². The largest absolute Gasteiger partial charge is 0.493 e. The summed E-state index contributed by atoms with van der Waals surface area (Å²) in [6.07, 6.45) is 0. The van der Waals surface area contributed by atoms with Crippen molar-refractivity contribution < 1.29 is 23.1 Å². The summed E-state index contributed by atoms with van der Waals surface area (Å²) in [5, 5.41) is 4.10. The molecule has 0 saturated carbocycles. The summed E-state index contributed by atoms with van der Waals surface area (Å²) in [7, 11) is 4.62. The van der Waals surface area contributed by atoms with E-state index < -0.39 is 0 Å². The van der Waals surface area contributed by atoms with Gasteiger partial charge in [0.05, 0.1) is 32.4 Å². The molecule has 0 aliphatic heterocycles. The molecule has 2 heterocycles. The number of nitrogens with zero attached hydrogens (tertiary/aromatic N) is 3. The predicted molar refractivity (Wildman–Crippen MR) is 120 cm³/mol. The fraction of sp³-hybridized carbons (Fsp3) is 0.125. The Morgan fingerprint density at radius 1 is 0.788 bits per heavy atom. The first-order valence-electron chi connectivity index (χ1n) is 9.99. The zero-order valence-corrected chi connectivity index (χ0v) is 18.0. The molecule has 33 heavy (non-hydrogen) atoms. The molecule has 0 aliphatic carbocycles. The van der Waals surface area contributed by atoms with Crippen molar-refractivity contribution in [2.24, 2.45) is 0 Å². The van der Waals surface area contributed by atoms with Gasteiger partial charge in [-0.2, -0.15) is 4.98 Å². The van der Waals surface area contributed by atoms with Crippen molar-refractivity contribution >= 4 is 11.0 Å². The Hall–Kier alpha value is -4.40. The van der Waals surface area contributed by atoms with Gasteiger partial charge in [0, 0.05) is 16.7 Å². The number of aromatic nitrogens is 4. The van der Waals surface area contributed by atoms with Crippen LogP contribution in [0.2, 0.25) is 0 Å². The number of hydrogen-bond donors (Lipinski definition) is 1. The average molecular weight is 446 g/mol. The Morgan fingerprint density at radius 2 is 1.48 bits per heavy atom. The van der Waals surface area contributed by atoms with Crippen molar-refractivity contribution in [3.63, 3.8) is 0 Å². The van der Waals surface area contributed by atoms with Gasteiger partial charge < -0.3 is 23.7 Å². The molecule has 0 atom stereocenters. The van der Waals surface area contributed by atoms with Crippen LogP contribution in [-0.2, 0) is 0 Å². The standard InChI is InChI=1S/C24H19FN4O4/c1-30-19-10-15(11-20(31-2)21(19)32-3)24-28-23(29-33-24)14-6-4-13(5-7-14)22-26-17-9-8-16(25)12-18(17)27-22/h4-12H,1-3H3,(H,26,27). The third-order valence-electron chi connectivity index (χ3n) is 5.20. The SMILES string of the molecule is COc1cc(-c2nc(-c3ccc(-c4nc5ccc(F)cc5[nH]4)cc3)no2)cc(OC)c1OC. The van der Waals surface area contributed by atoms with Crippen LogP contribution in [0.3, 0.4) is 0 Å². The van der Waals surface area contributed by atoms with Crippen molar-refractivity contribution in [2.75, 3.05) is 21.3 Å². The van der Waals surface area contributed by atoms with Crippen LogP contribution in [0.1, 0.15) is 0 Å². The lowest BCUT2D eigenvalue weighted by atomic mass is 10.1. The number of H-pyrrole nitrogens is 1. The van der Waals surface area contributed by atoms with Crippen LogP contribution >= 0.6 is 0 Å². The molecule has 0 spiro atoms. The number of fused-ring (bicyclic) bond motifs is 1. The van der Waals surface area contributed by atoms with E-state index in [1.807, 2.05) is 24.3 Å². The summed E-state index contributed by atoms with van der Waals surface area (Å²) in [6, 6.07) is 15.4. The van der Waals surface area contributed by atoms with Crippen molar-refractivity contribution in [1.82, 2.24) is 20.1 Å². The Bertz CT molecular complexity index is 1420. The van der Waals surface area contributed by atoms with Crippen molar-refractivity contribution in [3.8, 4) is 51.5 Å². The lowest BCUT2D eigenvalue weighted by Crippen LogP contribution is -1.95. The zero-order valence-electron chi connectivity index (χ0n) is 18.0. The quantitative estimate of drug-likeness (QED) is 0.387. The molecule has 0 amide bonds. The number of benzene rings is 3. The topological polar surface area (TPSA) is 95.3 Å². The third kappa shape index (κ3) is 3.73. The first-order valence-corrected chi connectivity index (χ1v) is 9.99. The summed E-state index contributed by atoms with van der Waals surface area (Å²) >= 11 is 0. The van der Waals surface area contributed by atoms with Crippen LogP contribution in [0, 0.1) is 5.82 Å². The average Bonchev–Trinajstić information content (AvgIpc) is 3.50. The minimum atomic E-state index is -0.312. The zero-order chi connectivity index (χ0) is 22.9. The van der Waals surface area contributed by atoms with Crippen LogP contribution < -0.4 is 14.2 Å². The van der Waals surface area contributed by atoms with Crippen LogP contribution in [-0.4, -0.2) is 41.4 Å². The van der Waals surface area contributed by atoms with Gasteiger partial charge in [-0.15, -0.1) is 0 Å². The van der Waals surface area contributed by atoms with E-state index in [9.17, 15) is 4.39 Å². The van der Waals surface area contributed by atoms with E-state index in [4.69, 9.17) is 18.7 Å². The van der Waals surface area contributed by atoms with Crippen molar-refractivity contribution in [3.05, 3.63) is 60.4 Å².